The molecule has 0 aromatic heterocycles. The van der Waals surface area contributed by atoms with Crippen molar-refractivity contribution in [3.63, 3.8) is 0 Å². The van der Waals surface area contributed by atoms with Gasteiger partial charge in [0.1, 0.15) is 0 Å². The summed E-state index contributed by atoms with van der Waals surface area (Å²) in [6.07, 6.45) is 4.71. The van der Waals surface area contributed by atoms with Gasteiger partial charge in [0.05, 0.1) is 7.85 Å². The van der Waals surface area contributed by atoms with Crippen LogP contribution in [0.5, 0.6) is 0 Å². The molecule has 0 aromatic carbocycles. The molecule has 0 atom stereocenters. The van der Waals surface area contributed by atoms with Gasteiger partial charge in [0.15, 0.2) is 0 Å². The minimum Gasteiger partial charge on any atom is -0.0689 e. The molecule has 0 saturated carbocycles. The molecule has 0 N–H and O–H groups in total. The lowest BCUT2D eigenvalue weighted by atomic mass is 9.65. The van der Waals surface area contributed by atoms with Gasteiger partial charge >= 0.3 is 0 Å². The van der Waals surface area contributed by atoms with Gasteiger partial charge in [-0.15, -0.1) is 0 Å². The Morgan fingerprint density at radius 3 is 1.67 bits per heavy atom. The normalized spacial score (nSPS) is 11.9. The van der Waals surface area contributed by atoms with E-state index in [1.54, 1.807) is 0 Å². The molecule has 0 bridgehead atoms. The van der Waals surface area contributed by atoms with Gasteiger partial charge in [0.2, 0.25) is 0 Å². The van der Waals surface area contributed by atoms with E-state index in [1.807, 2.05) is 0 Å². The van der Waals surface area contributed by atoms with Crippen LogP contribution in [0.25, 0.3) is 0 Å². The Morgan fingerprint density at radius 2 is 1.44 bits per heavy atom. The highest BCUT2D eigenvalue weighted by atomic mass is 14.1. The van der Waals surface area contributed by atoms with Crippen LogP contribution in [0.3, 0.4) is 0 Å². The second-order valence-electron chi connectivity index (χ2n) is 3.15. The lowest BCUT2D eigenvalue weighted by molar-refractivity contribution is 0.504. The summed E-state index contributed by atoms with van der Waals surface area (Å²) < 4.78 is 0. The molecule has 0 spiro atoms. The van der Waals surface area contributed by atoms with E-state index in [1.165, 1.54) is 12.8 Å². The molecular formula is C8H17B. The predicted molar refractivity (Wildman–Crippen MR) is 43.9 cm³/mol. The first-order valence-electron chi connectivity index (χ1n) is 3.91. The number of hydrogen-bond acceptors (Lipinski definition) is 0. The largest absolute Gasteiger partial charge is 0.0742 e. The molecule has 0 aliphatic rings. The van der Waals surface area contributed by atoms with Crippen LogP contribution in [0.15, 0.2) is 0 Å². The molecule has 0 saturated heterocycles. The minimum absolute atomic E-state index is 0.101. The van der Waals surface area contributed by atoms with E-state index in [4.69, 9.17) is 7.85 Å². The Kier molecular flexibility index (Phi) is 4.00. The van der Waals surface area contributed by atoms with E-state index in [2.05, 4.69) is 20.8 Å². The summed E-state index contributed by atoms with van der Waals surface area (Å²) in [5.74, 6) is 0. The van der Waals surface area contributed by atoms with Gasteiger partial charge in [-0.2, -0.15) is 0 Å². The van der Waals surface area contributed by atoms with Crippen LogP contribution >= 0.6 is 0 Å². The fourth-order valence-corrected chi connectivity index (χ4v) is 1.27. The summed E-state index contributed by atoms with van der Waals surface area (Å²) in [4.78, 5) is 0. The van der Waals surface area contributed by atoms with Gasteiger partial charge in [0.25, 0.3) is 0 Å². The fraction of sp³-hybridized carbons (Fsp3) is 1.00. The van der Waals surface area contributed by atoms with Crippen molar-refractivity contribution >= 4 is 7.85 Å². The Hall–Kier alpha value is 0.0649. The standard InChI is InChI=1S/C8H17B/c1-4-6-8(3,9)7-5-2/h4-7H2,1-3H3. The van der Waals surface area contributed by atoms with Gasteiger partial charge in [-0.1, -0.05) is 51.8 Å². The Bertz CT molecular complexity index is 59.0. The van der Waals surface area contributed by atoms with E-state index in [0.717, 1.165) is 12.8 Å². The van der Waals surface area contributed by atoms with Crippen LogP contribution in [0.1, 0.15) is 46.5 Å². The van der Waals surface area contributed by atoms with Gasteiger partial charge in [0, 0.05) is 0 Å². The molecule has 0 aliphatic carbocycles. The molecule has 0 unspecified atom stereocenters. The monoisotopic (exact) mass is 124 g/mol. The molecule has 52 valence electrons. The second-order valence-corrected chi connectivity index (χ2v) is 3.15. The van der Waals surface area contributed by atoms with Gasteiger partial charge in [-0.05, 0) is 0 Å². The van der Waals surface area contributed by atoms with E-state index < -0.39 is 0 Å². The predicted octanol–water partition coefficient (Wildman–Crippen LogP) is 2.93. The highest BCUT2D eigenvalue weighted by Crippen LogP contribution is 2.32. The Balaban J connectivity index is 3.43. The van der Waals surface area contributed by atoms with Crippen molar-refractivity contribution in [1.29, 1.82) is 0 Å². The summed E-state index contributed by atoms with van der Waals surface area (Å²) in [5.41, 5.74) is 0. The number of rotatable bonds is 4. The van der Waals surface area contributed by atoms with Crippen molar-refractivity contribution in [2.75, 3.05) is 0 Å². The van der Waals surface area contributed by atoms with E-state index in [-0.39, 0.29) is 5.31 Å². The third-order valence-corrected chi connectivity index (χ3v) is 1.64. The molecule has 2 radical (unpaired) electrons. The van der Waals surface area contributed by atoms with Gasteiger partial charge < -0.3 is 0 Å². The van der Waals surface area contributed by atoms with Crippen molar-refractivity contribution in [3.05, 3.63) is 0 Å². The molecule has 0 heterocycles. The molecular weight excluding hydrogens is 107 g/mol. The van der Waals surface area contributed by atoms with Crippen LogP contribution in [0.2, 0.25) is 5.31 Å². The number of hydrogen-bond donors (Lipinski definition) is 0. The topological polar surface area (TPSA) is 0 Å². The average molecular weight is 124 g/mol. The summed E-state index contributed by atoms with van der Waals surface area (Å²) in [7, 11) is 5.94. The summed E-state index contributed by atoms with van der Waals surface area (Å²) in [6, 6.07) is 0. The highest BCUT2D eigenvalue weighted by molar-refractivity contribution is 6.14. The zero-order valence-electron chi connectivity index (χ0n) is 6.91. The summed E-state index contributed by atoms with van der Waals surface area (Å²) >= 11 is 0. The quantitative estimate of drug-likeness (QED) is 0.505. The summed E-state index contributed by atoms with van der Waals surface area (Å²) in [6.45, 7) is 6.50. The second kappa shape index (κ2) is 3.97. The SMILES string of the molecule is [B]C(C)(CCC)CCC. The highest BCUT2D eigenvalue weighted by Gasteiger charge is 2.13. The lowest BCUT2D eigenvalue weighted by Gasteiger charge is -2.23. The maximum absolute atomic E-state index is 5.94. The fourth-order valence-electron chi connectivity index (χ4n) is 1.27. The first-order valence-corrected chi connectivity index (χ1v) is 3.91. The molecule has 0 amide bonds. The van der Waals surface area contributed by atoms with Crippen molar-refractivity contribution < 1.29 is 0 Å². The average Bonchev–Trinajstić information content (AvgIpc) is 1.64. The maximum atomic E-state index is 5.94. The van der Waals surface area contributed by atoms with Crippen LogP contribution in [0.4, 0.5) is 0 Å². The van der Waals surface area contributed by atoms with Crippen molar-refractivity contribution in [2.45, 2.75) is 51.8 Å². The molecule has 0 aliphatic heterocycles. The van der Waals surface area contributed by atoms with E-state index in [0.29, 0.717) is 0 Å². The Morgan fingerprint density at radius 1 is 1.11 bits per heavy atom. The van der Waals surface area contributed by atoms with Crippen LogP contribution in [-0.2, 0) is 0 Å². The van der Waals surface area contributed by atoms with Crippen molar-refractivity contribution in [2.24, 2.45) is 0 Å². The molecule has 9 heavy (non-hydrogen) atoms. The van der Waals surface area contributed by atoms with Crippen LogP contribution < -0.4 is 0 Å². The van der Waals surface area contributed by atoms with Gasteiger partial charge in [-0.25, -0.2) is 0 Å². The smallest absolute Gasteiger partial charge is 0.0689 e. The third kappa shape index (κ3) is 4.56. The molecule has 0 rings (SSSR count). The lowest BCUT2D eigenvalue weighted by Crippen LogP contribution is -2.06. The summed E-state index contributed by atoms with van der Waals surface area (Å²) in [5, 5.41) is 0.101. The zero-order valence-corrected chi connectivity index (χ0v) is 6.91. The molecule has 0 fully saturated rings. The van der Waals surface area contributed by atoms with Crippen LogP contribution in [-0.4, -0.2) is 7.85 Å². The van der Waals surface area contributed by atoms with Crippen molar-refractivity contribution in [1.82, 2.24) is 0 Å². The molecule has 0 nitrogen and oxygen atoms in total. The molecule has 1 heteroatoms. The first-order chi connectivity index (χ1) is 4.12. The van der Waals surface area contributed by atoms with E-state index in [9.17, 15) is 0 Å². The minimum atomic E-state index is 0.101. The van der Waals surface area contributed by atoms with E-state index >= 15 is 0 Å². The van der Waals surface area contributed by atoms with Gasteiger partial charge in [-0.3, -0.25) is 0 Å². The first kappa shape index (κ1) is 9.06. The maximum Gasteiger partial charge on any atom is 0.0742 e. The third-order valence-electron chi connectivity index (χ3n) is 1.64. The zero-order chi connectivity index (χ0) is 7.33. The Labute approximate surface area is 60.4 Å². The van der Waals surface area contributed by atoms with Crippen LogP contribution in [0, 0.1) is 0 Å². The molecule has 0 aromatic rings. The van der Waals surface area contributed by atoms with Crippen molar-refractivity contribution in [3.8, 4) is 0 Å².